The number of benzene rings is 1. The molecule has 1 N–H and O–H groups in total. The number of rotatable bonds is 7. The van der Waals surface area contributed by atoms with Crippen molar-refractivity contribution in [2.24, 2.45) is 11.8 Å². The first-order valence-electron chi connectivity index (χ1n) is 6.48. The highest BCUT2D eigenvalue weighted by Crippen LogP contribution is 2.25. The van der Waals surface area contributed by atoms with E-state index in [1.165, 1.54) is 13.2 Å². The molecule has 106 valence electrons. The van der Waals surface area contributed by atoms with Crippen LogP contribution in [-0.4, -0.2) is 24.8 Å². The number of carboxylic acid groups (broad SMARTS) is 1. The highest BCUT2D eigenvalue weighted by atomic mass is 16.5. The zero-order chi connectivity index (χ0) is 14.4. The lowest BCUT2D eigenvalue weighted by molar-refractivity contribution is 0.0690. The third kappa shape index (κ3) is 4.81. The fourth-order valence-electron chi connectivity index (χ4n) is 2.03. The van der Waals surface area contributed by atoms with Gasteiger partial charge in [-0.05, 0) is 36.5 Å². The Morgan fingerprint density at radius 1 is 1.32 bits per heavy atom. The largest absolute Gasteiger partial charge is 0.497 e. The lowest BCUT2D eigenvalue weighted by Gasteiger charge is -2.16. The van der Waals surface area contributed by atoms with E-state index in [1.54, 1.807) is 12.1 Å². The number of carboxylic acids is 1. The van der Waals surface area contributed by atoms with Gasteiger partial charge in [0, 0.05) is 0 Å². The quantitative estimate of drug-likeness (QED) is 0.821. The molecular formula is C15H22O4. The molecular weight excluding hydrogens is 244 g/mol. The summed E-state index contributed by atoms with van der Waals surface area (Å²) in [5.74, 6) is 0.895. The summed E-state index contributed by atoms with van der Waals surface area (Å²) in [6.45, 7) is 6.94. The molecule has 0 spiro atoms. The van der Waals surface area contributed by atoms with Crippen molar-refractivity contribution in [2.75, 3.05) is 13.7 Å². The van der Waals surface area contributed by atoms with Gasteiger partial charge in [0.2, 0.25) is 0 Å². The summed E-state index contributed by atoms with van der Waals surface area (Å²) in [5.41, 5.74) is 0.135. The molecule has 4 nitrogen and oxygen atoms in total. The van der Waals surface area contributed by atoms with Gasteiger partial charge in [-0.15, -0.1) is 0 Å². The third-order valence-electron chi connectivity index (χ3n) is 2.81. The highest BCUT2D eigenvalue weighted by molar-refractivity contribution is 5.91. The normalized spacial score (nSPS) is 12.3. The van der Waals surface area contributed by atoms with Crippen LogP contribution in [0.1, 0.15) is 37.6 Å². The minimum atomic E-state index is -1.01. The fraction of sp³-hybridized carbons (Fsp3) is 0.533. The standard InChI is InChI=1S/C15H22O4/c1-10(2)7-11(3)9-19-14-6-5-12(18-4)8-13(14)15(16)17/h5-6,8,10-11H,7,9H2,1-4H3,(H,16,17). The molecule has 4 heteroatoms. The molecule has 0 fully saturated rings. The van der Waals surface area contributed by atoms with Crippen molar-refractivity contribution in [3.8, 4) is 11.5 Å². The Morgan fingerprint density at radius 2 is 2.00 bits per heavy atom. The van der Waals surface area contributed by atoms with Crippen LogP contribution in [0.3, 0.4) is 0 Å². The molecule has 1 aromatic carbocycles. The number of hydrogen-bond donors (Lipinski definition) is 1. The van der Waals surface area contributed by atoms with E-state index in [2.05, 4.69) is 20.8 Å². The monoisotopic (exact) mass is 266 g/mol. The zero-order valence-corrected chi connectivity index (χ0v) is 12.0. The first-order chi connectivity index (χ1) is 8.93. The predicted octanol–water partition coefficient (Wildman–Crippen LogP) is 3.45. The zero-order valence-electron chi connectivity index (χ0n) is 12.0. The molecule has 0 aromatic heterocycles. The van der Waals surface area contributed by atoms with Gasteiger partial charge in [-0.3, -0.25) is 0 Å². The van der Waals surface area contributed by atoms with Gasteiger partial charge >= 0.3 is 5.97 Å². The van der Waals surface area contributed by atoms with Crippen molar-refractivity contribution in [3.05, 3.63) is 23.8 Å². The minimum Gasteiger partial charge on any atom is -0.497 e. The summed E-state index contributed by atoms with van der Waals surface area (Å²) >= 11 is 0. The van der Waals surface area contributed by atoms with Crippen LogP contribution in [0.4, 0.5) is 0 Å². The second-order valence-electron chi connectivity index (χ2n) is 5.21. The van der Waals surface area contributed by atoms with E-state index in [4.69, 9.17) is 14.6 Å². The number of carbonyl (C=O) groups is 1. The molecule has 1 unspecified atom stereocenters. The van der Waals surface area contributed by atoms with Crippen LogP contribution in [-0.2, 0) is 0 Å². The SMILES string of the molecule is COc1ccc(OCC(C)CC(C)C)c(C(=O)O)c1. The van der Waals surface area contributed by atoms with E-state index < -0.39 is 5.97 Å². The summed E-state index contributed by atoms with van der Waals surface area (Å²) in [4.78, 5) is 11.2. The second kappa shape index (κ2) is 7.02. The predicted molar refractivity (Wildman–Crippen MR) is 74.1 cm³/mol. The molecule has 0 saturated carbocycles. The molecule has 0 radical (unpaired) electrons. The van der Waals surface area contributed by atoms with Crippen molar-refractivity contribution in [1.82, 2.24) is 0 Å². The maximum atomic E-state index is 11.2. The molecule has 0 bridgehead atoms. The molecule has 1 aromatic rings. The first kappa shape index (κ1) is 15.3. The lowest BCUT2D eigenvalue weighted by atomic mass is 10.00. The van der Waals surface area contributed by atoms with Gasteiger partial charge in [0.25, 0.3) is 0 Å². The fourth-order valence-corrected chi connectivity index (χ4v) is 2.03. The van der Waals surface area contributed by atoms with Crippen molar-refractivity contribution in [3.63, 3.8) is 0 Å². The van der Waals surface area contributed by atoms with Gasteiger partial charge in [-0.2, -0.15) is 0 Å². The molecule has 0 amide bonds. The smallest absolute Gasteiger partial charge is 0.339 e. The highest BCUT2D eigenvalue weighted by Gasteiger charge is 2.14. The molecule has 0 aliphatic carbocycles. The Labute approximate surface area is 114 Å². The first-order valence-corrected chi connectivity index (χ1v) is 6.48. The Morgan fingerprint density at radius 3 is 2.53 bits per heavy atom. The van der Waals surface area contributed by atoms with E-state index in [0.717, 1.165) is 6.42 Å². The van der Waals surface area contributed by atoms with Crippen LogP contribution >= 0.6 is 0 Å². The molecule has 0 aliphatic rings. The average molecular weight is 266 g/mol. The van der Waals surface area contributed by atoms with Gasteiger partial charge in [0.05, 0.1) is 13.7 Å². The van der Waals surface area contributed by atoms with E-state index in [9.17, 15) is 4.79 Å². The number of aromatic carboxylic acids is 1. The summed E-state index contributed by atoms with van der Waals surface area (Å²) in [5, 5.41) is 9.16. The van der Waals surface area contributed by atoms with E-state index in [1.807, 2.05) is 0 Å². The van der Waals surface area contributed by atoms with Gasteiger partial charge in [-0.1, -0.05) is 20.8 Å². The third-order valence-corrected chi connectivity index (χ3v) is 2.81. The Kier molecular flexibility index (Phi) is 5.67. The number of hydrogen-bond acceptors (Lipinski definition) is 3. The van der Waals surface area contributed by atoms with Crippen LogP contribution in [0.15, 0.2) is 18.2 Å². The van der Waals surface area contributed by atoms with Gasteiger partial charge in [0.15, 0.2) is 0 Å². The van der Waals surface area contributed by atoms with Crippen LogP contribution in [0.25, 0.3) is 0 Å². The van der Waals surface area contributed by atoms with Crippen LogP contribution in [0.5, 0.6) is 11.5 Å². The van der Waals surface area contributed by atoms with Crippen LogP contribution in [0, 0.1) is 11.8 Å². The lowest BCUT2D eigenvalue weighted by Crippen LogP contribution is -2.13. The summed E-state index contributed by atoms with van der Waals surface area (Å²) < 4.78 is 10.6. The van der Waals surface area contributed by atoms with E-state index in [-0.39, 0.29) is 5.56 Å². The maximum absolute atomic E-state index is 11.2. The summed E-state index contributed by atoms with van der Waals surface area (Å²) in [7, 11) is 1.51. The Balaban J connectivity index is 2.75. The summed E-state index contributed by atoms with van der Waals surface area (Å²) in [6, 6.07) is 4.82. The molecule has 0 aliphatic heterocycles. The van der Waals surface area contributed by atoms with Gasteiger partial charge < -0.3 is 14.6 Å². The van der Waals surface area contributed by atoms with E-state index >= 15 is 0 Å². The Bertz CT molecular complexity index is 426. The van der Waals surface area contributed by atoms with Crippen molar-refractivity contribution >= 4 is 5.97 Å². The summed E-state index contributed by atoms with van der Waals surface area (Å²) in [6.07, 6.45) is 1.05. The second-order valence-corrected chi connectivity index (χ2v) is 5.21. The molecule has 1 atom stereocenters. The van der Waals surface area contributed by atoms with Gasteiger partial charge in [-0.25, -0.2) is 4.79 Å². The van der Waals surface area contributed by atoms with Crippen molar-refractivity contribution < 1.29 is 19.4 Å². The van der Waals surface area contributed by atoms with Crippen molar-refractivity contribution in [2.45, 2.75) is 27.2 Å². The van der Waals surface area contributed by atoms with Crippen LogP contribution in [0.2, 0.25) is 0 Å². The topological polar surface area (TPSA) is 55.8 Å². The van der Waals surface area contributed by atoms with E-state index in [0.29, 0.717) is 29.9 Å². The number of methoxy groups -OCH3 is 1. The van der Waals surface area contributed by atoms with Crippen LogP contribution < -0.4 is 9.47 Å². The maximum Gasteiger partial charge on any atom is 0.339 e. The molecule has 19 heavy (non-hydrogen) atoms. The average Bonchev–Trinajstić information content (AvgIpc) is 2.35. The molecule has 1 rings (SSSR count). The number of ether oxygens (including phenoxy) is 2. The molecule has 0 saturated heterocycles. The van der Waals surface area contributed by atoms with Crippen molar-refractivity contribution in [1.29, 1.82) is 0 Å². The molecule has 0 heterocycles. The minimum absolute atomic E-state index is 0.135. The Hall–Kier alpha value is -1.71. The van der Waals surface area contributed by atoms with Gasteiger partial charge in [0.1, 0.15) is 17.1 Å².